The third kappa shape index (κ3) is 3.84. The Morgan fingerprint density at radius 3 is 2.26 bits per heavy atom. The second-order valence-corrected chi connectivity index (χ2v) is 3.80. The minimum Gasteiger partial charge on any atom is -0.490 e. The lowest BCUT2D eigenvalue weighted by Crippen LogP contribution is -2.27. The van der Waals surface area contributed by atoms with Gasteiger partial charge in [-0.15, -0.1) is 0 Å². The molecule has 1 rings (SSSR count). The van der Waals surface area contributed by atoms with Crippen LogP contribution in [0.1, 0.15) is 25.5 Å². The molecule has 0 heterocycles. The van der Waals surface area contributed by atoms with Crippen LogP contribution < -0.4 is 9.47 Å². The van der Waals surface area contributed by atoms with Crippen LogP contribution in [0.25, 0.3) is 0 Å². The van der Waals surface area contributed by atoms with Gasteiger partial charge < -0.3 is 24.8 Å². The van der Waals surface area contributed by atoms with Crippen molar-refractivity contribution in [2.75, 3.05) is 13.2 Å². The molecule has 1 aromatic rings. The van der Waals surface area contributed by atoms with Gasteiger partial charge in [0.25, 0.3) is 0 Å². The molecule has 0 saturated carbocycles. The van der Waals surface area contributed by atoms with Gasteiger partial charge in [0.1, 0.15) is 6.10 Å². The standard InChI is InChI=1S/C13H18O6/c1-3-18-9-6-5-8(7-10(9)19-4-2)11(14)12(15)13(16)17/h5-7,11-12,14-15H,3-4H2,1-2H3,(H,16,17). The highest BCUT2D eigenvalue weighted by Crippen LogP contribution is 2.31. The van der Waals surface area contributed by atoms with Crippen molar-refractivity contribution in [2.24, 2.45) is 0 Å². The molecular formula is C13H18O6. The van der Waals surface area contributed by atoms with Gasteiger partial charge in [-0.05, 0) is 31.5 Å². The lowest BCUT2D eigenvalue weighted by molar-refractivity contribution is -0.153. The maximum absolute atomic E-state index is 10.6. The average Bonchev–Trinajstić information content (AvgIpc) is 2.39. The fourth-order valence-corrected chi connectivity index (χ4v) is 1.57. The second-order valence-electron chi connectivity index (χ2n) is 3.80. The molecule has 2 unspecified atom stereocenters. The minimum atomic E-state index is -1.88. The van der Waals surface area contributed by atoms with Gasteiger partial charge in [-0.3, -0.25) is 0 Å². The Morgan fingerprint density at radius 1 is 1.16 bits per heavy atom. The first-order valence-electron chi connectivity index (χ1n) is 5.99. The highest BCUT2D eigenvalue weighted by molar-refractivity contribution is 5.73. The largest absolute Gasteiger partial charge is 0.490 e. The quantitative estimate of drug-likeness (QED) is 0.683. The number of carboxylic acid groups (broad SMARTS) is 1. The molecule has 0 fully saturated rings. The zero-order valence-electron chi connectivity index (χ0n) is 10.9. The summed E-state index contributed by atoms with van der Waals surface area (Å²) in [5.41, 5.74) is 0.252. The monoisotopic (exact) mass is 270 g/mol. The fraction of sp³-hybridized carbons (Fsp3) is 0.462. The third-order valence-electron chi connectivity index (χ3n) is 2.46. The Kier molecular flexibility index (Phi) is 5.59. The number of aliphatic hydroxyl groups excluding tert-OH is 2. The number of aliphatic carboxylic acids is 1. The van der Waals surface area contributed by atoms with E-state index in [1.807, 2.05) is 6.92 Å². The van der Waals surface area contributed by atoms with E-state index >= 15 is 0 Å². The van der Waals surface area contributed by atoms with Crippen molar-refractivity contribution in [3.63, 3.8) is 0 Å². The molecule has 6 nitrogen and oxygen atoms in total. The van der Waals surface area contributed by atoms with Crippen molar-refractivity contribution >= 4 is 5.97 Å². The molecule has 0 aliphatic carbocycles. The van der Waals surface area contributed by atoms with Crippen LogP contribution in [0.5, 0.6) is 11.5 Å². The predicted molar refractivity (Wildman–Crippen MR) is 67.4 cm³/mol. The second kappa shape index (κ2) is 6.96. The summed E-state index contributed by atoms with van der Waals surface area (Å²) in [7, 11) is 0. The van der Waals surface area contributed by atoms with Gasteiger partial charge in [0.15, 0.2) is 17.6 Å². The first kappa shape index (κ1) is 15.3. The van der Waals surface area contributed by atoms with E-state index < -0.39 is 18.2 Å². The number of ether oxygens (including phenoxy) is 2. The molecule has 0 radical (unpaired) electrons. The van der Waals surface area contributed by atoms with Crippen molar-refractivity contribution in [3.05, 3.63) is 23.8 Å². The first-order chi connectivity index (χ1) is 9.01. The zero-order valence-corrected chi connectivity index (χ0v) is 10.9. The number of carboxylic acids is 1. The molecule has 0 aromatic heterocycles. The van der Waals surface area contributed by atoms with Gasteiger partial charge in [-0.2, -0.15) is 0 Å². The summed E-state index contributed by atoms with van der Waals surface area (Å²) in [6.07, 6.45) is -3.40. The van der Waals surface area contributed by atoms with Crippen LogP contribution in [0, 0.1) is 0 Å². The van der Waals surface area contributed by atoms with Gasteiger partial charge in [-0.1, -0.05) is 6.07 Å². The van der Waals surface area contributed by atoms with E-state index in [-0.39, 0.29) is 5.56 Å². The molecule has 1 aromatic carbocycles. The summed E-state index contributed by atoms with van der Waals surface area (Å²) in [5.74, 6) is -0.581. The van der Waals surface area contributed by atoms with Crippen LogP contribution in [0.2, 0.25) is 0 Å². The first-order valence-corrected chi connectivity index (χ1v) is 5.99. The van der Waals surface area contributed by atoms with Gasteiger partial charge in [-0.25, -0.2) is 4.79 Å². The van der Waals surface area contributed by atoms with Gasteiger partial charge in [0, 0.05) is 0 Å². The Hall–Kier alpha value is -1.79. The number of carbonyl (C=O) groups is 1. The summed E-state index contributed by atoms with van der Waals surface area (Å²) in [6, 6.07) is 4.53. The highest BCUT2D eigenvalue weighted by atomic mass is 16.5. The van der Waals surface area contributed by atoms with Crippen molar-refractivity contribution in [3.8, 4) is 11.5 Å². The van der Waals surface area contributed by atoms with E-state index in [0.29, 0.717) is 24.7 Å². The summed E-state index contributed by atoms with van der Waals surface area (Å²) in [6.45, 7) is 4.48. The van der Waals surface area contributed by atoms with Crippen LogP contribution in [-0.2, 0) is 4.79 Å². The summed E-state index contributed by atoms with van der Waals surface area (Å²) < 4.78 is 10.7. The number of hydrogen-bond donors (Lipinski definition) is 3. The number of benzene rings is 1. The molecule has 2 atom stereocenters. The maximum atomic E-state index is 10.6. The molecule has 0 aliphatic rings. The van der Waals surface area contributed by atoms with Gasteiger partial charge in [0.2, 0.25) is 0 Å². The van der Waals surface area contributed by atoms with E-state index in [0.717, 1.165) is 0 Å². The van der Waals surface area contributed by atoms with Crippen LogP contribution in [-0.4, -0.2) is 40.6 Å². The van der Waals surface area contributed by atoms with Crippen LogP contribution >= 0.6 is 0 Å². The van der Waals surface area contributed by atoms with E-state index in [2.05, 4.69) is 0 Å². The molecule has 0 amide bonds. The van der Waals surface area contributed by atoms with Crippen molar-refractivity contribution in [2.45, 2.75) is 26.1 Å². The topological polar surface area (TPSA) is 96.2 Å². The van der Waals surface area contributed by atoms with Crippen LogP contribution in [0.3, 0.4) is 0 Å². The third-order valence-corrected chi connectivity index (χ3v) is 2.46. The molecular weight excluding hydrogens is 252 g/mol. The van der Waals surface area contributed by atoms with E-state index in [4.69, 9.17) is 14.6 Å². The predicted octanol–water partition coefficient (Wildman–Crippen LogP) is 0.963. The minimum absolute atomic E-state index is 0.252. The Balaban J connectivity index is 3.03. The molecule has 3 N–H and O–H groups in total. The van der Waals surface area contributed by atoms with E-state index in [1.165, 1.54) is 12.1 Å². The molecule has 0 saturated heterocycles. The SMILES string of the molecule is CCOc1ccc(C(O)C(O)C(=O)O)cc1OCC. The van der Waals surface area contributed by atoms with E-state index in [9.17, 15) is 15.0 Å². The van der Waals surface area contributed by atoms with Crippen molar-refractivity contribution < 1.29 is 29.6 Å². The average molecular weight is 270 g/mol. The molecule has 19 heavy (non-hydrogen) atoms. The zero-order chi connectivity index (χ0) is 14.4. The molecule has 6 heteroatoms. The van der Waals surface area contributed by atoms with E-state index in [1.54, 1.807) is 13.0 Å². The molecule has 0 aliphatic heterocycles. The van der Waals surface area contributed by atoms with Crippen LogP contribution in [0.15, 0.2) is 18.2 Å². The van der Waals surface area contributed by atoms with Gasteiger partial charge >= 0.3 is 5.97 Å². The summed E-state index contributed by atoms with van der Waals surface area (Å²) in [4.78, 5) is 10.6. The molecule has 0 bridgehead atoms. The van der Waals surface area contributed by atoms with Crippen molar-refractivity contribution in [1.29, 1.82) is 0 Å². The summed E-state index contributed by atoms with van der Waals surface area (Å²) >= 11 is 0. The summed E-state index contributed by atoms with van der Waals surface area (Å²) in [5, 5.41) is 27.7. The lowest BCUT2D eigenvalue weighted by Gasteiger charge is -2.17. The Labute approximate surface area is 111 Å². The van der Waals surface area contributed by atoms with Crippen molar-refractivity contribution in [1.82, 2.24) is 0 Å². The highest BCUT2D eigenvalue weighted by Gasteiger charge is 2.26. The number of rotatable bonds is 7. The number of aliphatic hydroxyl groups is 2. The Morgan fingerprint density at radius 2 is 1.74 bits per heavy atom. The normalized spacial score (nSPS) is 13.7. The Bertz CT molecular complexity index is 431. The van der Waals surface area contributed by atoms with Gasteiger partial charge in [0.05, 0.1) is 13.2 Å². The molecule has 106 valence electrons. The smallest absolute Gasteiger partial charge is 0.335 e. The number of hydrogen-bond acceptors (Lipinski definition) is 5. The van der Waals surface area contributed by atoms with Crippen LogP contribution in [0.4, 0.5) is 0 Å². The fourth-order valence-electron chi connectivity index (χ4n) is 1.57. The maximum Gasteiger partial charge on any atom is 0.335 e. The lowest BCUT2D eigenvalue weighted by atomic mass is 10.0. The molecule has 0 spiro atoms.